The Kier molecular flexibility index (Phi) is 2.76. The molecule has 23 heavy (non-hydrogen) atoms. The summed E-state index contributed by atoms with van der Waals surface area (Å²) in [6.45, 7) is 0.640. The number of nitrogens with one attached hydrogen (secondary N) is 3. The molecule has 0 saturated heterocycles. The summed E-state index contributed by atoms with van der Waals surface area (Å²) < 4.78 is 0. The minimum absolute atomic E-state index is 0.0980. The van der Waals surface area contributed by atoms with Gasteiger partial charge in [-0.2, -0.15) is 0 Å². The molecule has 0 bridgehead atoms. The van der Waals surface area contributed by atoms with Crippen molar-refractivity contribution in [3.05, 3.63) is 35.2 Å². The van der Waals surface area contributed by atoms with E-state index in [1.807, 2.05) is 6.08 Å². The zero-order chi connectivity index (χ0) is 15.4. The van der Waals surface area contributed by atoms with Crippen LogP contribution in [-0.2, 0) is 12.8 Å². The van der Waals surface area contributed by atoms with Gasteiger partial charge in [0.15, 0.2) is 5.82 Å². The minimum atomic E-state index is -0.0980. The molecule has 0 unspecified atom stereocenters. The van der Waals surface area contributed by atoms with Crippen molar-refractivity contribution in [3.63, 3.8) is 0 Å². The number of rotatable bonds is 2. The molecule has 0 atom stereocenters. The number of hydrazine groups is 1. The normalized spacial score (nSPS) is 20.0. The summed E-state index contributed by atoms with van der Waals surface area (Å²) in [4.78, 5) is 20.4. The second-order valence-electron chi connectivity index (χ2n) is 6.59. The van der Waals surface area contributed by atoms with Crippen LogP contribution in [0.1, 0.15) is 36.2 Å². The molecule has 6 nitrogen and oxygen atoms in total. The molecule has 1 aromatic heterocycles. The maximum atomic E-state index is 12.3. The zero-order valence-corrected chi connectivity index (χ0v) is 12.9. The number of nitrogens with zero attached hydrogens (tertiary/aromatic N) is 2. The first-order valence-electron chi connectivity index (χ1n) is 8.34. The molecule has 0 radical (unpaired) electrons. The number of hydrogen-bond donors (Lipinski definition) is 3. The van der Waals surface area contributed by atoms with E-state index < -0.39 is 0 Å². The third kappa shape index (κ3) is 2.21. The number of carbonyl (C=O) groups excluding carboxylic acids is 1. The van der Waals surface area contributed by atoms with Crippen molar-refractivity contribution in [1.82, 2.24) is 25.7 Å². The quantitative estimate of drug-likeness (QED) is 0.795. The Hall–Kier alpha value is -2.34. The highest BCUT2D eigenvalue weighted by molar-refractivity contribution is 5.87. The van der Waals surface area contributed by atoms with E-state index in [0.717, 1.165) is 48.2 Å². The standard InChI is InChI=1S/C17H19N5O/c23-17(19-12-4-5-12)22-15(6-7-18-22)16-20-13-8-10-2-1-3-11(10)9-14(13)21-16/h6,8-9,12,18H,1-5,7H2,(H,19,23)(H,20,21). The van der Waals surface area contributed by atoms with Crippen LogP contribution in [0, 0.1) is 0 Å². The maximum Gasteiger partial charge on any atom is 0.336 e. The van der Waals surface area contributed by atoms with Crippen molar-refractivity contribution in [3.8, 4) is 0 Å². The first-order valence-corrected chi connectivity index (χ1v) is 8.34. The molecule has 2 aromatic rings. The number of H-pyrrole nitrogens is 1. The third-order valence-corrected chi connectivity index (χ3v) is 4.83. The van der Waals surface area contributed by atoms with Gasteiger partial charge < -0.3 is 10.3 Å². The SMILES string of the molecule is O=C(NC1CC1)N1NCC=C1c1nc2cc3c(cc2[nH]1)CCC3. The largest absolute Gasteiger partial charge is 0.337 e. The number of imidazole rings is 1. The first-order chi connectivity index (χ1) is 11.3. The maximum absolute atomic E-state index is 12.3. The molecule has 1 fully saturated rings. The van der Waals surface area contributed by atoms with Crippen molar-refractivity contribution in [1.29, 1.82) is 0 Å². The molecular formula is C17H19N5O. The number of hydrogen-bond acceptors (Lipinski definition) is 3. The van der Waals surface area contributed by atoms with Crippen molar-refractivity contribution in [2.75, 3.05) is 6.54 Å². The topological polar surface area (TPSA) is 73.1 Å². The molecule has 118 valence electrons. The van der Waals surface area contributed by atoms with Gasteiger partial charge in [0, 0.05) is 12.6 Å². The van der Waals surface area contributed by atoms with Crippen LogP contribution in [0.2, 0.25) is 0 Å². The number of aromatic nitrogens is 2. The number of amides is 2. The van der Waals surface area contributed by atoms with Crippen molar-refractivity contribution in [2.45, 2.75) is 38.1 Å². The van der Waals surface area contributed by atoms with Crippen LogP contribution in [0.5, 0.6) is 0 Å². The Bertz CT molecular complexity index is 792. The van der Waals surface area contributed by atoms with Gasteiger partial charge in [0.25, 0.3) is 0 Å². The van der Waals surface area contributed by atoms with E-state index >= 15 is 0 Å². The predicted octanol–water partition coefficient (Wildman–Crippen LogP) is 2.08. The summed E-state index contributed by atoms with van der Waals surface area (Å²) in [5.41, 5.74) is 8.78. The first kappa shape index (κ1) is 13.1. The number of benzene rings is 1. The van der Waals surface area contributed by atoms with Crippen LogP contribution < -0.4 is 10.7 Å². The monoisotopic (exact) mass is 309 g/mol. The predicted molar refractivity (Wildman–Crippen MR) is 87.5 cm³/mol. The number of aryl methyl sites for hydroxylation is 2. The van der Waals surface area contributed by atoms with Gasteiger partial charge in [-0.25, -0.2) is 20.2 Å². The Morgan fingerprint density at radius 3 is 2.91 bits per heavy atom. The number of carbonyl (C=O) groups is 1. The summed E-state index contributed by atoms with van der Waals surface area (Å²) in [5, 5.41) is 4.58. The van der Waals surface area contributed by atoms with E-state index in [2.05, 4.69) is 27.9 Å². The Morgan fingerprint density at radius 1 is 1.26 bits per heavy atom. The fourth-order valence-corrected chi connectivity index (χ4v) is 3.46. The van der Waals surface area contributed by atoms with Crippen LogP contribution in [0.15, 0.2) is 18.2 Å². The molecule has 3 aliphatic rings. The van der Waals surface area contributed by atoms with Gasteiger partial charge in [-0.1, -0.05) is 0 Å². The average molecular weight is 309 g/mol. The Morgan fingerprint density at radius 2 is 2.09 bits per heavy atom. The average Bonchev–Trinajstić information content (AvgIpc) is 2.97. The molecule has 0 spiro atoms. The van der Waals surface area contributed by atoms with E-state index in [0.29, 0.717) is 12.6 Å². The minimum Gasteiger partial charge on any atom is -0.337 e. The lowest BCUT2D eigenvalue weighted by Crippen LogP contribution is -2.44. The smallest absolute Gasteiger partial charge is 0.336 e. The van der Waals surface area contributed by atoms with Gasteiger partial charge in [-0.05, 0) is 61.4 Å². The summed E-state index contributed by atoms with van der Waals surface area (Å²) in [6.07, 6.45) is 7.69. The molecule has 5 rings (SSSR count). The molecule has 2 heterocycles. The molecule has 2 aliphatic carbocycles. The van der Waals surface area contributed by atoms with Crippen molar-refractivity contribution in [2.24, 2.45) is 0 Å². The highest BCUT2D eigenvalue weighted by Gasteiger charge is 2.30. The second-order valence-corrected chi connectivity index (χ2v) is 6.59. The van der Waals surface area contributed by atoms with Crippen LogP contribution in [0.3, 0.4) is 0 Å². The van der Waals surface area contributed by atoms with Crippen LogP contribution in [-0.4, -0.2) is 33.6 Å². The molecule has 2 amide bonds. The molecule has 1 aliphatic heterocycles. The zero-order valence-electron chi connectivity index (χ0n) is 12.9. The summed E-state index contributed by atoms with van der Waals surface area (Å²) >= 11 is 0. The van der Waals surface area contributed by atoms with Crippen LogP contribution in [0.25, 0.3) is 16.7 Å². The van der Waals surface area contributed by atoms with Crippen LogP contribution in [0.4, 0.5) is 4.79 Å². The highest BCUT2D eigenvalue weighted by Crippen LogP contribution is 2.29. The Balaban J connectivity index is 1.48. The molecule has 6 heteroatoms. The third-order valence-electron chi connectivity index (χ3n) is 4.83. The van der Waals surface area contributed by atoms with Crippen molar-refractivity contribution < 1.29 is 4.79 Å². The lowest BCUT2D eigenvalue weighted by Gasteiger charge is -2.19. The molecular weight excluding hydrogens is 290 g/mol. The fourth-order valence-electron chi connectivity index (χ4n) is 3.46. The van der Waals surface area contributed by atoms with Gasteiger partial charge in [-0.15, -0.1) is 0 Å². The lowest BCUT2D eigenvalue weighted by atomic mass is 10.1. The second kappa shape index (κ2) is 4.83. The molecule has 3 N–H and O–H groups in total. The number of urea groups is 1. The summed E-state index contributed by atoms with van der Waals surface area (Å²) in [7, 11) is 0. The summed E-state index contributed by atoms with van der Waals surface area (Å²) in [6, 6.07) is 4.64. The number of fused-ring (bicyclic) bond motifs is 2. The molecule has 1 aromatic carbocycles. The summed E-state index contributed by atoms with van der Waals surface area (Å²) in [5.74, 6) is 0.750. The number of aromatic amines is 1. The Labute approximate surface area is 133 Å². The van der Waals surface area contributed by atoms with Gasteiger partial charge in [0.2, 0.25) is 0 Å². The van der Waals surface area contributed by atoms with E-state index in [1.165, 1.54) is 17.5 Å². The van der Waals surface area contributed by atoms with Crippen LogP contribution >= 0.6 is 0 Å². The van der Waals surface area contributed by atoms with E-state index in [9.17, 15) is 4.79 Å². The van der Waals surface area contributed by atoms with Gasteiger partial charge >= 0.3 is 6.03 Å². The van der Waals surface area contributed by atoms with E-state index in [-0.39, 0.29) is 6.03 Å². The van der Waals surface area contributed by atoms with Crippen molar-refractivity contribution >= 4 is 22.8 Å². The highest BCUT2D eigenvalue weighted by atomic mass is 16.2. The van der Waals surface area contributed by atoms with Gasteiger partial charge in [0.05, 0.1) is 11.0 Å². The lowest BCUT2D eigenvalue weighted by molar-refractivity contribution is 0.207. The fraction of sp³-hybridized carbons (Fsp3) is 0.412. The van der Waals surface area contributed by atoms with Gasteiger partial charge in [-0.3, -0.25) is 0 Å². The van der Waals surface area contributed by atoms with Gasteiger partial charge in [0.1, 0.15) is 5.70 Å². The van der Waals surface area contributed by atoms with E-state index in [4.69, 9.17) is 4.98 Å². The molecule has 1 saturated carbocycles. The van der Waals surface area contributed by atoms with E-state index in [1.54, 1.807) is 5.01 Å².